The third-order valence-electron chi connectivity index (χ3n) is 5.32. The van der Waals surface area contributed by atoms with Crippen LogP contribution in [0.2, 0.25) is 0 Å². The smallest absolute Gasteiger partial charge is 0.195 e. The van der Waals surface area contributed by atoms with Crippen LogP contribution in [0.1, 0.15) is 11.6 Å². The van der Waals surface area contributed by atoms with Crippen LogP contribution in [0, 0.1) is 0 Å². The van der Waals surface area contributed by atoms with Crippen molar-refractivity contribution >= 4 is 35.6 Å². The summed E-state index contributed by atoms with van der Waals surface area (Å²) in [7, 11) is 6.68. The maximum atomic E-state index is 5.55. The molecule has 2 aromatic rings. The maximum absolute atomic E-state index is 5.55. The zero-order valence-corrected chi connectivity index (χ0v) is 21.4. The van der Waals surface area contributed by atoms with Gasteiger partial charge in [0.05, 0.1) is 40.6 Å². The van der Waals surface area contributed by atoms with E-state index < -0.39 is 0 Å². The number of methoxy groups -OCH3 is 3. The Morgan fingerprint density at radius 2 is 1.69 bits per heavy atom. The Hall–Kier alpha value is -2.24. The molecule has 32 heavy (non-hydrogen) atoms. The molecule has 0 spiro atoms. The molecular formula is C23H33IN4O4. The van der Waals surface area contributed by atoms with Crippen LogP contribution >= 0.6 is 24.0 Å². The van der Waals surface area contributed by atoms with Gasteiger partial charge in [0.1, 0.15) is 5.75 Å². The standard InChI is InChI=1S/C23H32N4O4.HI/c1-24-23(26-18-7-10-21(29-3)22(15-18)30-4)25-16-20(27-11-13-31-14-12-27)17-5-8-19(28-2)9-6-17;/h5-10,15,20H,11-14,16H2,1-4H3,(H2,24,25,26);1H. The summed E-state index contributed by atoms with van der Waals surface area (Å²) in [5, 5.41) is 6.78. The lowest BCUT2D eigenvalue weighted by Crippen LogP contribution is -2.44. The first-order valence-corrected chi connectivity index (χ1v) is 10.3. The number of benzene rings is 2. The summed E-state index contributed by atoms with van der Waals surface area (Å²) in [6, 6.07) is 14.1. The fraction of sp³-hybridized carbons (Fsp3) is 0.435. The molecule has 8 nitrogen and oxygen atoms in total. The van der Waals surface area contributed by atoms with E-state index in [1.807, 2.05) is 30.3 Å². The molecule has 0 amide bonds. The first-order chi connectivity index (χ1) is 15.2. The van der Waals surface area contributed by atoms with E-state index in [0.717, 1.165) is 37.7 Å². The van der Waals surface area contributed by atoms with Crippen molar-refractivity contribution in [3.63, 3.8) is 0 Å². The van der Waals surface area contributed by atoms with Crippen molar-refractivity contribution < 1.29 is 18.9 Å². The van der Waals surface area contributed by atoms with Crippen LogP contribution in [0.5, 0.6) is 17.2 Å². The van der Waals surface area contributed by atoms with Crippen molar-refractivity contribution in [2.75, 3.05) is 66.5 Å². The lowest BCUT2D eigenvalue weighted by molar-refractivity contribution is 0.0170. The van der Waals surface area contributed by atoms with Gasteiger partial charge in [-0.3, -0.25) is 9.89 Å². The molecule has 1 saturated heterocycles. The SMILES string of the molecule is CN=C(NCC(c1ccc(OC)cc1)N1CCOCC1)Nc1ccc(OC)c(OC)c1.I. The number of aliphatic imine (C=N–C) groups is 1. The van der Waals surface area contributed by atoms with Gasteiger partial charge in [0, 0.05) is 38.4 Å². The van der Waals surface area contributed by atoms with E-state index >= 15 is 0 Å². The first kappa shape index (κ1) is 26.0. The molecule has 2 aromatic carbocycles. The van der Waals surface area contributed by atoms with E-state index in [-0.39, 0.29) is 30.0 Å². The van der Waals surface area contributed by atoms with E-state index in [1.165, 1.54) is 5.56 Å². The Balaban J connectivity index is 0.00000363. The lowest BCUT2D eigenvalue weighted by Gasteiger charge is -2.35. The predicted octanol–water partition coefficient (Wildman–Crippen LogP) is 3.39. The fourth-order valence-electron chi connectivity index (χ4n) is 3.60. The summed E-state index contributed by atoms with van der Waals surface area (Å²) in [6.07, 6.45) is 0. The third-order valence-corrected chi connectivity index (χ3v) is 5.32. The summed E-state index contributed by atoms with van der Waals surface area (Å²) in [6.45, 7) is 3.95. The minimum absolute atomic E-state index is 0. The summed E-state index contributed by atoms with van der Waals surface area (Å²) >= 11 is 0. The Kier molecular flexibility index (Phi) is 10.8. The fourth-order valence-corrected chi connectivity index (χ4v) is 3.60. The second kappa shape index (κ2) is 13.3. The molecule has 1 unspecified atom stereocenters. The molecule has 1 fully saturated rings. The van der Waals surface area contributed by atoms with Gasteiger partial charge in [-0.25, -0.2) is 0 Å². The summed E-state index contributed by atoms with van der Waals surface area (Å²) in [5.74, 6) is 2.87. The molecule has 176 valence electrons. The maximum Gasteiger partial charge on any atom is 0.195 e. The molecule has 0 aliphatic carbocycles. The monoisotopic (exact) mass is 556 g/mol. The van der Waals surface area contributed by atoms with Crippen LogP contribution in [-0.2, 0) is 4.74 Å². The predicted molar refractivity (Wildman–Crippen MR) is 138 cm³/mol. The molecule has 2 N–H and O–H groups in total. The van der Waals surface area contributed by atoms with E-state index in [0.29, 0.717) is 24.0 Å². The number of hydrogen-bond donors (Lipinski definition) is 2. The van der Waals surface area contributed by atoms with Gasteiger partial charge in [0.2, 0.25) is 0 Å². The van der Waals surface area contributed by atoms with Crippen LogP contribution in [0.15, 0.2) is 47.5 Å². The van der Waals surface area contributed by atoms with Crippen LogP contribution < -0.4 is 24.8 Å². The van der Waals surface area contributed by atoms with E-state index in [2.05, 4.69) is 32.7 Å². The molecule has 1 heterocycles. The average molecular weight is 556 g/mol. The van der Waals surface area contributed by atoms with Crippen LogP contribution in [-0.4, -0.2) is 72.1 Å². The van der Waals surface area contributed by atoms with Crippen LogP contribution in [0.25, 0.3) is 0 Å². The number of morpholine rings is 1. The number of halogens is 1. The van der Waals surface area contributed by atoms with Gasteiger partial charge in [-0.2, -0.15) is 0 Å². The number of nitrogens with one attached hydrogen (secondary N) is 2. The summed E-state index contributed by atoms with van der Waals surface area (Å²) in [4.78, 5) is 6.81. The van der Waals surface area contributed by atoms with Crippen molar-refractivity contribution in [2.45, 2.75) is 6.04 Å². The van der Waals surface area contributed by atoms with Gasteiger partial charge >= 0.3 is 0 Å². The number of anilines is 1. The number of hydrogen-bond acceptors (Lipinski definition) is 6. The zero-order valence-electron chi connectivity index (χ0n) is 19.1. The molecule has 0 radical (unpaired) electrons. The third kappa shape index (κ3) is 6.88. The Labute approximate surface area is 207 Å². The lowest BCUT2D eigenvalue weighted by atomic mass is 10.0. The highest BCUT2D eigenvalue weighted by Crippen LogP contribution is 2.29. The van der Waals surface area contributed by atoms with Crippen molar-refractivity contribution in [2.24, 2.45) is 4.99 Å². The Morgan fingerprint density at radius 1 is 1.00 bits per heavy atom. The molecule has 3 rings (SSSR count). The highest BCUT2D eigenvalue weighted by molar-refractivity contribution is 14.0. The molecular weight excluding hydrogens is 523 g/mol. The molecule has 1 aliphatic rings. The van der Waals surface area contributed by atoms with Gasteiger partial charge in [-0.15, -0.1) is 24.0 Å². The van der Waals surface area contributed by atoms with Gasteiger partial charge in [-0.05, 0) is 29.8 Å². The zero-order chi connectivity index (χ0) is 22.1. The van der Waals surface area contributed by atoms with Gasteiger partial charge < -0.3 is 29.6 Å². The largest absolute Gasteiger partial charge is 0.497 e. The highest BCUT2D eigenvalue weighted by atomic mass is 127. The van der Waals surface area contributed by atoms with E-state index in [1.54, 1.807) is 28.4 Å². The number of nitrogens with zero attached hydrogens (tertiary/aromatic N) is 2. The minimum Gasteiger partial charge on any atom is -0.497 e. The molecule has 0 saturated carbocycles. The van der Waals surface area contributed by atoms with Crippen LogP contribution in [0.4, 0.5) is 5.69 Å². The van der Waals surface area contributed by atoms with Crippen molar-refractivity contribution in [3.05, 3.63) is 48.0 Å². The second-order valence-corrected chi connectivity index (χ2v) is 7.09. The average Bonchev–Trinajstić information content (AvgIpc) is 2.84. The van der Waals surface area contributed by atoms with E-state index in [9.17, 15) is 0 Å². The Morgan fingerprint density at radius 3 is 2.28 bits per heavy atom. The summed E-state index contributed by atoms with van der Waals surface area (Å²) < 4.78 is 21.6. The van der Waals surface area contributed by atoms with Gasteiger partial charge in [0.25, 0.3) is 0 Å². The minimum atomic E-state index is 0. The van der Waals surface area contributed by atoms with Gasteiger partial charge in [0.15, 0.2) is 17.5 Å². The molecule has 0 aromatic heterocycles. The number of ether oxygens (including phenoxy) is 4. The second-order valence-electron chi connectivity index (χ2n) is 7.09. The Bertz CT molecular complexity index is 858. The normalized spacial score (nSPS) is 15.3. The van der Waals surface area contributed by atoms with Crippen molar-refractivity contribution in [1.29, 1.82) is 0 Å². The topological polar surface area (TPSA) is 76.6 Å². The van der Waals surface area contributed by atoms with Crippen molar-refractivity contribution in [1.82, 2.24) is 10.2 Å². The quantitative estimate of drug-likeness (QED) is 0.293. The molecule has 1 atom stereocenters. The molecule has 1 aliphatic heterocycles. The van der Waals surface area contributed by atoms with Gasteiger partial charge in [-0.1, -0.05) is 12.1 Å². The van der Waals surface area contributed by atoms with Crippen LogP contribution in [0.3, 0.4) is 0 Å². The van der Waals surface area contributed by atoms with E-state index in [4.69, 9.17) is 18.9 Å². The number of guanidine groups is 1. The summed E-state index contributed by atoms with van der Waals surface area (Å²) in [5.41, 5.74) is 2.08. The number of rotatable bonds is 8. The first-order valence-electron chi connectivity index (χ1n) is 10.3. The molecule has 0 bridgehead atoms. The molecule has 9 heteroatoms. The highest BCUT2D eigenvalue weighted by Gasteiger charge is 2.23. The van der Waals surface area contributed by atoms with Crippen molar-refractivity contribution in [3.8, 4) is 17.2 Å².